The van der Waals surface area contributed by atoms with Gasteiger partial charge in [0.05, 0.1) is 18.7 Å². The molecule has 0 spiro atoms. The molecule has 0 bridgehead atoms. The number of benzene rings is 2. The fourth-order valence-electron chi connectivity index (χ4n) is 6.16. The number of methoxy groups -OCH3 is 1. The zero-order chi connectivity index (χ0) is 24.2. The maximum absolute atomic E-state index is 13.8. The number of amides is 2. The maximum atomic E-state index is 13.8. The van der Waals surface area contributed by atoms with Gasteiger partial charge >= 0.3 is 12.0 Å². The highest BCUT2D eigenvalue weighted by Crippen LogP contribution is 2.38. The molecule has 6 heteroatoms. The summed E-state index contributed by atoms with van der Waals surface area (Å²) in [4.78, 5) is 32.3. The number of ether oxygens (including phenoxy) is 1. The number of urea groups is 1. The van der Waals surface area contributed by atoms with Gasteiger partial charge in [-0.25, -0.2) is 9.59 Å². The predicted octanol–water partition coefficient (Wildman–Crippen LogP) is 5.25. The predicted molar refractivity (Wildman–Crippen MR) is 136 cm³/mol. The van der Waals surface area contributed by atoms with Gasteiger partial charge in [-0.2, -0.15) is 0 Å². The highest BCUT2D eigenvalue weighted by Gasteiger charge is 2.45. The Morgan fingerprint density at radius 1 is 0.886 bits per heavy atom. The molecule has 2 saturated heterocycles. The van der Waals surface area contributed by atoms with Crippen LogP contribution < -0.4 is 0 Å². The third-order valence-corrected chi connectivity index (χ3v) is 8.10. The highest BCUT2D eigenvalue weighted by molar-refractivity contribution is 5.89. The number of carbonyl (C=O) groups excluding carboxylic acids is 2. The second kappa shape index (κ2) is 10.8. The Labute approximate surface area is 208 Å². The van der Waals surface area contributed by atoms with Gasteiger partial charge in [-0.1, -0.05) is 61.7 Å². The molecule has 1 atom stereocenters. The highest BCUT2D eigenvalue weighted by atomic mass is 16.5. The second-order valence-electron chi connectivity index (χ2n) is 10.3. The molecule has 0 N–H and O–H groups in total. The molecule has 0 aromatic heterocycles. The van der Waals surface area contributed by atoms with E-state index in [1.165, 1.54) is 37.5 Å². The van der Waals surface area contributed by atoms with Crippen LogP contribution in [0.15, 0.2) is 54.6 Å². The lowest BCUT2D eigenvalue weighted by atomic mass is 9.94. The van der Waals surface area contributed by atoms with Gasteiger partial charge in [-0.15, -0.1) is 0 Å². The summed E-state index contributed by atoms with van der Waals surface area (Å²) < 4.78 is 4.80. The first kappa shape index (κ1) is 23.9. The van der Waals surface area contributed by atoms with Crippen molar-refractivity contribution in [2.45, 2.75) is 69.6 Å². The molecule has 2 amide bonds. The molecule has 186 valence electrons. The Morgan fingerprint density at radius 3 is 2.23 bits per heavy atom. The normalized spacial score (nSPS) is 22.5. The van der Waals surface area contributed by atoms with Crippen molar-refractivity contribution in [2.75, 3.05) is 26.7 Å². The zero-order valence-electron chi connectivity index (χ0n) is 20.8. The van der Waals surface area contributed by atoms with E-state index in [-0.39, 0.29) is 24.1 Å². The molecule has 6 nitrogen and oxygen atoms in total. The number of carbonyl (C=O) groups is 2. The minimum absolute atomic E-state index is 0.146. The Kier molecular flexibility index (Phi) is 7.37. The Morgan fingerprint density at radius 2 is 1.57 bits per heavy atom. The number of hydrogen-bond donors (Lipinski definition) is 0. The fraction of sp³-hybridized carbons (Fsp3) is 0.517. The Balaban J connectivity index is 1.25. The van der Waals surface area contributed by atoms with Gasteiger partial charge < -0.3 is 14.5 Å². The molecule has 2 aliphatic heterocycles. The van der Waals surface area contributed by atoms with Crippen molar-refractivity contribution in [3.63, 3.8) is 0 Å². The lowest BCUT2D eigenvalue weighted by Gasteiger charge is -2.39. The minimum Gasteiger partial charge on any atom is -0.465 e. The molecule has 1 saturated carbocycles. The summed E-state index contributed by atoms with van der Waals surface area (Å²) in [5.41, 5.74) is 3.03. The lowest BCUT2D eigenvalue weighted by Crippen LogP contribution is -2.48. The first-order valence-corrected chi connectivity index (χ1v) is 13.2. The van der Waals surface area contributed by atoms with Crippen molar-refractivity contribution >= 4 is 12.0 Å². The summed E-state index contributed by atoms with van der Waals surface area (Å²) in [5, 5.41) is 0. The number of nitrogens with zero attached hydrogens (tertiary/aromatic N) is 3. The van der Waals surface area contributed by atoms with Crippen LogP contribution >= 0.6 is 0 Å². The zero-order valence-corrected chi connectivity index (χ0v) is 20.8. The van der Waals surface area contributed by atoms with Crippen LogP contribution in [0.1, 0.15) is 72.5 Å². The molecule has 35 heavy (non-hydrogen) atoms. The lowest BCUT2D eigenvalue weighted by molar-refractivity contribution is 0.0600. The van der Waals surface area contributed by atoms with Gasteiger partial charge in [-0.05, 0) is 48.9 Å². The van der Waals surface area contributed by atoms with E-state index in [4.69, 9.17) is 4.74 Å². The third kappa shape index (κ3) is 5.22. The van der Waals surface area contributed by atoms with Crippen LogP contribution in [0.2, 0.25) is 0 Å². The molecule has 1 aliphatic carbocycles. The SMILES string of the molecule is COC(=O)c1ccc(CN2CCC(N3C(=O)N(C4CCCCC4)C[C@H]3c3ccccc3)CC2)cc1. The van der Waals surface area contributed by atoms with Crippen molar-refractivity contribution in [3.8, 4) is 0 Å². The molecule has 3 fully saturated rings. The topological polar surface area (TPSA) is 53.1 Å². The van der Waals surface area contributed by atoms with Gasteiger partial charge in [0.1, 0.15) is 0 Å². The van der Waals surface area contributed by atoms with Gasteiger partial charge in [0.15, 0.2) is 0 Å². The van der Waals surface area contributed by atoms with Crippen LogP contribution in [0.25, 0.3) is 0 Å². The molecule has 2 aromatic carbocycles. The van der Waals surface area contributed by atoms with E-state index < -0.39 is 0 Å². The largest absolute Gasteiger partial charge is 0.465 e. The van der Waals surface area contributed by atoms with Crippen molar-refractivity contribution < 1.29 is 14.3 Å². The maximum Gasteiger partial charge on any atom is 0.337 e. The van der Waals surface area contributed by atoms with Crippen LogP contribution in [-0.2, 0) is 11.3 Å². The molecular formula is C29H37N3O3. The first-order chi connectivity index (χ1) is 17.1. The molecule has 5 rings (SSSR count). The molecule has 0 unspecified atom stereocenters. The minimum atomic E-state index is -0.303. The van der Waals surface area contributed by atoms with Crippen LogP contribution in [0.5, 0.6) is 0 Å². The average Bonchev–Trinajstić information content (AvgIpc) is 3.27. The van der Waals surface area contributed by atoms with Gasteiger partial charge in [0.25, 0.3) is 0 Å². The average molecular weight is 476 g/mol. The smallest absolute Gasteiger partial charge is 0.337 e. The van der Waals surface area contributed by atoms with Gasteiger partial charge in [0.2, 0.25) is 0 Å². The van der Waals surface area contributed by atoms with Gasteiger partial charge in [-0.3, -0.25) is 4.90 Å². The van der Waals surface area contributed by atoms with Crippen LogP contribution in [0.4, 0.5) is 4.79 Å². The van der Waals surface area contributed by atoms with E-state index in [9.17, 15) is 9.59 Å². The van der Waals surface area contributed by atoms with E-state index in [0.29, 0.717) is 11.6 Å². The van der Waals surface area contributed by atoms with E-state index in [2.05, 4.69) is 45.0 Å². The van der Waals surface area contributed by atoms with Crippen molar-refractivity contribution in [3.05, 3.63) is 71.3 Å². The second-order valence-corrected chi connectivity index (χ2v) is 10.3. The summed E-state index contributed by atoms with van der Waals surface area (Å²) >= 11 is 0. The van der Waals surface area contributed by atoms with Gasteiger partial charge in [0, 0.05) is 38.3 Å². The van der Waals surface area contributed by atoms with Crippen LogP contribution in [0, 0.1) is 0 Å². The van der Waals surface area contributed by atoms with Crippen molar-refractivity contribution in [1.82, 2.24) is 14.7 Å². The molecule has 0 radical (unpaired) electrons. The molecule has 3 aliphatic rings. The molecular weight excluding hydrogens is 438 g/mol. The van der Waals surface area contributed by atoms with E-state index in [1.54, 1.807) is 0 Å². The van der Waals surface area contributed by atoms with Crippen LogP contribution in [-0.4, -0.2) is 65.5 Å². The fourth-order valence-corrected chi connectivity index (χ4v) is 6.16. The summed E-state index contributed by atoms with van der Waals surface area (Å²) in [6.45, 7) is 3.62. The monoisotopic (exact) mass is 475 g/mol. The third-order valence-electron chi connectivity index (χ3n) is 8.10. The number of piperidine rings is 1. The summed E-state index contributed by atoms with van der Waals surface area (Å²) in [6.07, 6.45) is 8.06. The number of esters is 1. The standard InChI is InChI=1S/C29H37N3O3/c1-35-28(33)24-14-12-22(13-15-24)20-30-18-16-26(17-19-30)32-27(23-8-4-2-5-9-23)21-31(29(32)34)25-10-6-3-7-11-25/h2,4-5,8-9,12-15,25-27H,3,6-7,10-11,16-21H2,1H3/t27-/m0/s1. The van der Waals surface area contributed by atoms with Crippen LogP contribution in [0.3, 0.4) is 0 Å². The van der Waals surface area contributed by atoms with E-state index >= 15 is 0 Å². The Hall–Kier alpha value is -2.86. The summed E-state index contributed by atoms with van der Waals surface area (Å²) in [5.74, 6) is -0.303. The van der Waals surface area contributed by atoms with Crippen molar-refractivity contribution in [1.29, 1.82) is 0 Å². The number of rotatable bonds is 6. The first-order valence-electron chi connectivity index (χ1n) is 13.2. The Bertz CT molecular complexity index is 996. The quantitative estimate of drug-likeness (QED) is 0.536. The molecule has 2 heterocycles. The summed E-state index contributed by atoms with van der Waals surface area (Å²) in [6, 6.07) is 19.4. The van der Waals surface area contributed by atoms with E-state index in [1.807, 2.05) is 24.3 Å². The summed E-state index contributed by atoms with van der Waals surface area (Å²) in [7, 11) is 1.40. The number of hydrogen-bond acceptors (Lipinski definition) is 4. The number of likely N-dealkylation sites (tertiary alicyclic amines) is 1. The van der Waals surface area contributed by atoms with E-state index in [0.717, 1.165) is 51.9 Å². The van der Waals surface area contributed by atoms with Crippen molar-refractivity contribution in [2.24, 2.45) is 0 Å². The molecule has 2 aromatic rings.